The van der Waals surface area contributed by atoms with Gasteiger partial charge in [-0.2, -0.15) is 5.26 Å². The lowest BCUT2D eigenvalue weighted by Gasteiger charge is -2.36. The van der Waals surface area contributed by atoms with E-state index in [1.54, 1.807) is 0 Å². The molecule has 5 heteroatoms. The van der Waals surface area contributed by atoms with Crippen LogP contribution in [0.4, 0.5) is 5.82 Å². The summed E-state index contributed by atoms with van der Waals surface area (Å²) in [4.78, 5) is 6.90. The Bertz CT molecular complexity index is 711. The molecule has 1 fully saturated rings. The molecule has 0 bridgehead atoms. The molecule has 2 atom stereocenters. The van der Waals surface area contributed by atoms with Crippen LogP contribution >= 0.6 is 0 Å². The number of morpholine rings is 1. The molecule has 1 aromatic heterocycles. The maximum Gasteiger partial charge on any atom is 0.128 e. The molecule has 25 heavy (non-hydrogen) atoms. The number of hydrogen-bond acceptors (Lipinski definition) is 5. The van der Waals surface area contributed by atoms with Crippen LogP contribution in [-0.4, -0.2) is 30.3 Å². The quantitative estimate of drug-likeness (QED) is 0.910. The predicted molar refractivity (Wildman–Crippen MR) is 98.2 cm³/mol. The zero-order chi connectivity index (χ0) is 17.6. The van der Waals surface area contributed by atoms with E-state index in [9.17, 15) is 0 Å². The van der Waals surface area contributed by atoms with Crippen molar-refractivity contribution in [1.82, 2.24) is 10.3 Å². The third-order valence-corrected chi connectivity index (χ3v) is 4.29. The maximum atomic E-state index is 8.82. The van der Waals surface area contributed by atoms with E-state index in [1.807, 2.05) is 30.5 Å². The third-order valence-electron chi connectivity index (χ3n) is 4.29. The number of nitrogens with one attached hydrogen (secondary N) is 1. The minimum Gasteiger partial charge on any atom is -0.372 e. The van der Waals surface area contributed by atoms with Gasteiger partial charge in [0.05, 0.1) is 23.8 Å². The Morgan fingerprint density at radius 3 is 2.32 bits per heavy atom. The molecule has 1 saturated heterocycles. The van der Waals surface area contributed by atoms with Crippen LogP contribution in [0, 0.1) is 11.3 Å². The van der Waals surface area contributed by atoms with Gasteiger partial charge in [0.15, 0.2) is 0 Å². The van der Waals surface area contributed by atoms with E-state index in [4.69, 9.17) is 10.00 Å². The fourth-order valence-electron chi connectivity index (χ4n) is 3.12. The molecular formula is C20H24N4O. The van der Waals surface area contributed by atoms with Crippen LogP contribution < -0.4 is 10.2 Å². The SMILES string of the molecule is C[C@H]1CN(c2ccc(CNCc3ccc(C#N)cc3)cn2)C[C@H](C)O1. The first-order valence-corrected chi connectivity index (χ1v) is 8.69. The van der Waals surface area contributed by atoms with Crippen LogP contribution in [0.3, 0.4) is 0 Å². The van der Waals surface area contributed by atoms with Crippen LogP contribution in [0.5, 0.6) is 0 Å². The molecule has 0 saturated carbocycles. The van der Waals surface area contributed by atoms with Crippen molar-refractivity contribution in [2.45, 2.75) is 39.1 Å². The Labute approximate surface area is 149 Å². The Hall–Kier alpha value is -2.42. The summed E-state index contributed by atoms with van der Waals surface area (Å²) in [6.07, 6.45) is 2.41. The fraction of sp³-hybridized carbons (Fsp3) is 0.400. The van der Waals surface area contributed by atoms with E-state index in [2.05, 4.69) is 47.3 Å². The lowest BCUT2D eigenvalue weighted by molar-refractivity contribution is -0.00545. The van der Waals surface area contributed by atoms with Gasteiger partial charge in [-0.05, 0) is 43.2 Å². The predicted octanol–water partition coefficient (Wildman–Crippen LogP) is 2.86. The van der Waals surface area contributed by atoms with Crippen molar-refractivity contribution in [2.24, 2.45) is 0 Å². The summed E-state index contributed by atoms with van der Waals surface area (Å²) in [5, 5.41) is 12.2. The Morgan fingerprint density at radius 2 is 1.72 bits per heavy atom. The topological polar surface area (TPSA) is 61.2 Å². The summed E-state index contributed by atoms with van der Waals surface area (Å²) in [6, 6.07) is 14.0. The third kappa shape index (κ3) is 4.79. The lowest BCUT2D eigenvalue weighted by Crippen LogP contribution is -2.45. The van der Waals surface area contributed by atoms with Gasteiger partial charge in [-0.1, -0.05) is 18.2 Å². The Balaban J connectivity index is 1.51. The van der Waals surface area contributed by atoms with Gasteiger partial charge in [0.25, 0.3) is 0 Å². The molecule has 0 amide bonds. The van der Waals surface area contributed by atoms with Crippen molar-refractivity contribution < 1.29 is 4.74 Å². The molecule has 0 unspecified atom stereocenters. The first-order valence-electron chi connectivity index (χ1n) is 8.69. The van der Waals surface area contributed by atoms with Crippen LogP contribution in [0.15, 0.2) is 42.6 Å². The Kier molecular flexibility index (Phi) is 5.64. The number of pyridine rings is 1. The molecule has 1 aliphatic rings. The van der Waals surface area contributed by atoms with Gasteiger partial charge in [-0.15, -0.1) is 0 Å². The maximum absolute atomic E-state index is 8.82. The van der Waals surface area contributed by atoms with Gasteiger partial charge in [0, 0.05) is 32.4 Å². The van der Waals surface area contributed by atoms with Gasteiger partial charge in [0.2, 0.25) is 0 Å². The summed E-state index contributed by atoms with van der Waals surface area (Å²) in [5.74, 6) is 1.01. The van der Waals surface area contributed by atoms with Crippen molar-refractivity contribution in [3.05, 3.63) is 59.3 Å². The molecule has 0 aliphatic carbocycles. The van der Waals surface area contributed by atoms with Crippen LogP contribution in [0.2, 0.25) is 0 Å². The molecular weight excluding hydrogens is 312 g/mol. The van der Waals surface area contributed by atoms with E-state index in [-0.39, 0.29) is 12.2 Å². The average molecular weight is 336 g/mol. The Morgan fingerprint density at radius 1 is 1.08 bits per heavy atom. The zero-order valence-corrected chi connectivity index (χ0v) is 14.8. The number of nitrogens with zero attached hydrogens (tertiary/aromatic N) is 3. The summed E-state index contributed by atoms with van der Waals surface area (Å²) < 4.78 is 5.77. The highest BCUT2D eigenvalue weighted by Gasteiger charge is 2.22. The van der Waals surface area contributed by atoms with Crippen molar-refractivity contribution in [2.75, 3.05) is 18.0 Å². The largest absolute Gasteiger partial charge is 0.372 e. The highest BCUT2D eigenvalue weighted by molar-refractivity contribution is 5.40. The first kappa shape index (κ1) is 17.4. The number of aromatic nitrogens is 1. The minimum absolute atomic E-state index is 0.235. The molecule has 3 rings (SSSR count). The summed E-state index contributed by atoms with van der Waals surface area (Å²) in [6.45, 7) is 7.50. The molecule has 1 aromatic carbocycles. The number of nitriles is 1. The highest BCUT2D eigenvalue weighted by atomic mass is 16.5. The summed E-state index contributed by atoms with van der Waals surface area (Å²) >= 11 is 0. The second-order valence-electron chi connectivity index (χ2n) is 6.60. The average Bonchev–Trinajstić information content (AvgIpc) is 2.62. The molecule has 0 spiro atoms. The second kappa shape index (κ2) is 8.11. The second-order valence-corrected chi connectivity index (χ2v) is 6.60. The first-order chi connectivity index (χ1) is 12.1. The van der Waals surface area contributed by atoms with E-state index < -0.39 is 0 Å². The molecule has 2 heterocycles. The van der Waals surface area contributed by atoms with Gasteiger partial charge >= 0.3 is 0 Å². The van der Waals surface area contributed by atoms with Crippen LogP contribution in [0.25, 0.3) is 0 Å². The van der Waals surface area contributed by atoms with E-state index in [0.29, 0.717) is 5.56 Å². The van der Waals surface area contributed by atoms with Crippen LogP contribution in [0.1, 0.15) is 30.5 Å². The van der Waals surface area contributed by atoms with Crippen molar-refractivity contribution in [1.29, 1.82) is 5.26 Å². The summed E-state index contributed by atoms with van der Waals surface area (Å²) in [7, 11) is 0. The number of rotatable bonds is 5. The molecule has 2 aromatic rings. The normalized spacial score (nSPS) is 20.3. The minimum atomic E-state index is 0.235. The fourth-order valence-corrected chi connectivity index (χ4v) is 3.12. The van der Waals surface area contributed by atoms with Crippen molar-refractivity contribution >= 4 is 5.82 Å². The van der Waals surface area contributed by atoms with E-state index in [0.717, 1.165) is 37.6 Å². The molecule has 130 valence electrons. The molecule has 1 aliphatic heterocycles. The number of benzene rings is 1. The standard InChI is InChI=1S/C20H24N4O/c1-15-13-24(14-16(2)25-15)20-8-7-19(12-23-20)11-22-10-18-5-3-17(9-21)4-6-18/h3-8,12,15-16,22H,10-11,13-14H2,1-2H3/t15-,16-/m0/s1. The number of ether oxygens (including phenoxy) is 1. The van der Waals surface area contributed by atoms with Crippen LogP contribution in [-0.2, 0) is 17.8 Å². The molecule has 0 radical (unpaired) electrons. The van der Waals surface area contributed by atoms with Gasteiger partial charge in [-0.25, -0.2) is 4.98 Å². The van der Waals surface area contributed by atoms with Crippen molar-refractivity contribution in [3.63, 3.8) is 0 Å². The zero-order valence-electron chi connectivity index (χ0n) is 14.8. The molecule has 5 nitrogen and oxygen atoms in total. The van der Waals surface area contributed by atoms with E-state index in [1.165, 1.54) is 5.56 Å². The number of hydrogen-bond donors (Lipinski definition) is 1. The van der Waals surface area contributed by atoms with Gasteiger partial charge in [0.1, 0.15) is 5.82 Å². The number of anilines is 1. The van der Waals surface area contributed by atoms with Crippen molar-refractivity contribution in [3.8, 4) is 6.07 Å². The smallest absolute Gasteiger partial charge is 0.128 e. The monoisotopic (exact) mass is 336 g/mol. The highest BCUT2D eigenvalue weighted by Crippen LogP contribution is 2.18. The molecule has 1 N–H and O–H groups in total. The van der Waals surface area contributed by atoms with Gasteiger partial charge in [-0.3, -0.25) is 0 Å². The lowest BCUT2D eigenvalue weighted by atomic mass is 10.1. The van der Waals surface area contributed by atoms with Gasteiger partial charge < -0.3 is 15.0 Å². The van der Waals surface area contributed by atoms with E-state index >= 15 is 0 Å². The summed E-state index contributed by atoms with van der Waals surface area (Å²) in [5.41, 5.74) is 3.02.